The number of nitrogens with two attached hydrogens (primary N) is 1. The molecular weight excluding hydrogens is 150 g/mol. The highest BCUT2D eigenvalue weighted by molar-refractivity contribution is 5.48. The SMILES string of the molecule is Cc1cc(C)cc(NCNN)c1. The highest BCUT2D eigenvalue weighted by Crippen LogP contribution is 2.12. The predicted octanol–water partition coefficient (Wildman–Crippen LogP) is 1.14. The summed E-state index contributed by atoms with van der Waals surface area (Å²) in [4.78, 5) is 0. The summed E-state index contributed by atoms with van der Waals surface area (Å²) in [5, 5.41) is 3.14. The van der Waals surface area contributed by atoms with Crippen LogP contribution in [0.5, 0.6) is 0 Å². The number of anilines is 1. The second-order valence-corrected chi connectivity index (χ2v) is 2.93. The molecule has 0 aliphatic rings. The third-order valence-electron chi connectivity index (χ3n) is 1.62. The van der Waals surface area contributed by atoms with Gasteiger partial charge in [0, 0.05) is 5.69 Å². The molecule has 1 aromatic carbocycles. The fourth-order valence-electron chi connectivity index (χ4n) is 1.23. The first-order valence-corrected chi connectivity index (χ1v) is 3.98. The lowest BCUT2D eigenvalue weighted by Gasteiger charge is -2.07. The van der Waals surface area contributed by atoms with Crippen molar-refractivity contribution >= 4 is 5.69 Å². The molecule has 0 heterocycles. The van der Waals surface area contributed by atoms with Gasteiger partial charge in [0.2, 0.25) is 0 Å². The van der Waals surface area contributed by atoms with Crippen LogP contribution in [0.3, 0.4) is 0 Å². The molecule has 0 aromatic heterocycles. The molecule has 0 radical (unpaired) electrons. The number of nitrogens with one attached hydrogen (secondary N) is 2. The molecular formula is C9H15N3. The third-order valence-corrected chi connectivity index (χ3v) is 1.62. The van der Waals surface area contributed by atoms with Crippen LogP contribution in [0.25, 0.3) is 0 Å². The maximum Gasteiger partial charge on any atom is 0.0780 e. The zero-order valence-electron chi connectivity index (χ0n) is 7.52. The minimum atomic E-state index is 0.586. The average Bonchev–Trinajstić information content (AvgIpc) is 1.99. The van der Waals surface area contributed by atoms with Gasteiger partial charge in [0.25, 0.3) is 0 Å². The number of aryl methyl sites for hydroxylation is 2. The average molecular weight is 165 g/mol. The van der Waals surface area contributed by atoms with Crippen LogP contribution in [0.15, 0.2) is 18.2 Å². The second kappa shape index (κ2) is 4.09. The summed E-state index contributed by atoms with van der Waals surface area (Å²) >= 11 is 0. The molecule has 0 saturated heterocycles. The molecule has 0 saturated carbocycles. The van der Waals surface area contributed by atoms with E-state index in [9.17, 15) is 0 Å². The van der Waals surface area contributed by atoms with E-state index < -0.39 is 0 Å². The summed E-state index contributed by atoms with van der Waals surface area (Å²) in [5.74, 6) is 5.14. The minimum absolute atomic E-state index is 0.586. The molecule has 0 spiro atoms. The second-order valence-electron chi connectivity index (χ2n) is 2.93. The number of benzene rings is 1. The van der Waals surface area contributed by atoms with Gasteiger partial charge in [-0.1, -0.05) is 6.07 Å². The normalized spacial score (nSPS) is 9.92. The van der Waals surface area contributed by atoms with Crippen molar-refractivity contribution in [2.45, 2.75) is 13.8 Å². The van der Waals surface area contributed by atoms with Crippen LogP contribution in [0.1, 0.15) is 11.1 Å². The van der Waals surface area contributed by atoms with Crippen LogP contribution in [0, 0.1) is 13.8 Å². The zero-order valence-corrected chi connectivity index (χ0v) is 7.52. The van der Waals surface area contributed by atoms with Crippen molar-refractivity contribution in [3.05, 3.63) is 29.3 Å². The first-order valence-electron chi connectivity index (χ1n) is 3.98. The van der Waals surface area contributed by atoms with Gasteiger partial charge >= 0.3 is 0 Å². The van der Waals surface area contributed by atoms with E-state index in [4.69, 9.17) is 5.84 Å². The minimum Gasteiger partial charge on any atom is -0.371 e. The molecule has 12 heavy (non-hydrogen) atoms. The molecule has 3 heteroatoms. The van der Waals surface area contributed by atoms with Crippen LogP contribution in [-0.2, 0) is 0 Å². The topological polar surface area (TPSA) is 50.1 Å². The van der Waals surface area contributed by atoms with Crippen molar-refractivity contribution < 1.29 is 0 Å². The number of rotatable bonds is 3. The lowest BCUT2D eigenvalue weighted by Crippen LogP contribution is -2.28. The van der Waals surface area contributed by atoms with Crippen LogP contribution < -0.4 is 16.6 Å². The molecule has 0 aliphatic heterocycles. The van der Waals surface area contributed by atoms with Crippen molar-refractivity contribution in [3.8, 4) is 0 Å². The fourth-order valence-corrected chi connectivity index (χ4v) is 1.23. The van der Waals surface area contributed by atoms with Gasteiger partial charge in [-0.25, -0.2) is 5.43 Å². The Kier molecular flexibility index (Phi) is 3.08. The van der Waals surface area contributed by atoms with Gasteiger partial charge in [-0.15, -0.1) is 0 Å². The molecule has 0 aliphatic carbocycles. The molecule has 1 rings (SSSR count). The lowest BCUT2D eigenvalue weighted by molar-refractivity contribution is 0.790. The molecule has 0 amide bonds. The Hall–Kier alpha value is -1.06. The highest BCUT2D eigenvalue weighted by atomic mass is 15.3. The van der Waals surface area contributed by atoms with Crippen molar-refractivity contribution in [2.75, 3.05) is 12.0 Å². The van der Waals surface area contributed by atoms with E-state index >= 15 is 0 Å². The standard InChI is InChI=1S/C9H15N3/c1-7-3-8(2)5-9(4-7)11-6-12-10/h3-5,11-12H,6,10H2,1-2H3. The Morgan fingerprint density at radius 2 is 1.75 bits per heavy atom. The maximum atomic E-state index is 5.14. The van der Waals surface area contributed by atoms with Gasteiger partial charge in [-0.05, 0) is 37.1 Å². The van der Waals surface area contributed by atoms with E-state index in [2.05, 4.69) is 42.8 Å². The van der Waals surface area contributed by atoms with Gasteiger partial charge in [0.05, 0.1) is 6.67 Å². The van der Waals surface area contributed by atoms with E-state index in [1.807, 2.05) is 0 Å². The van der Waals surface area contributed by atoms with Crippen LogP contribution >= 0.6 is 0 Å². The van der Waals surface area contributed by atoms with E-state index in [0.29, 0.717) is 6.67 Å². The Morgan fingerprint density at radius 1 is 1.17 bits per heavy atom. The van der Waals surface area contributed by atoms with Crippen LogP contribution in [0.2, 0.25) is 0 Å². The van der Waals surface area contributed by atoms with E-state index in [0.717, 1.165) is 5.69 Å². The van der Waals surface area contributed by atoms with E-state index in [1.165, 1.54) is 11.1 Å². The molecule has 0 fully saturated rings. The third kappa shape index (κ3) is 2.53. The fraction of sp³-hybridized carbons (Fsp3) is 0.333. The molecule has 4 N–H and O–H groups in total. The molecule has 0 atom stereocenters. The van der Waals surface area contributed by atoms with Crippen molar-refractivity contribution in [1.82, 2.24) is 5.43 Å². The monoisotopic (exact) mass is 165 g/mol. The van der Waals surface area contributed by atoms with Gasteiger partial charge < -0.3 is 5.32 Å². The molecule has 0 bridgehead atoms. The first kappa shape index (κ1) is 9.03. The Bertz CT molecular complexity index is 238. The largest absolute Gasteiger partial charge is 0.371 e. The van der Waals surface area contributed by atoms with Crippen molar-refractivity contribution in [1.29, 1.82) is 0 Å². The van der Waals surface area contributed by atoms with Crippen LogP contribution in [0.4, 0.5) is 5.69 Å². The summed E-state index contributed by atoms with van der Waals surface area (Å²) in [7, 11) is 0. The summed E-state index contributed by atoms with van der Waals surface area (Å²) in [6, 6.07) is 6.32. The van der Waals surface area contributed by atoms with Crippen molar-refractivity contribution in [2.24, 2.45) is 5.84 Å². The van der Waals surface area contributed by atoms with Gasteiger partial charge in [0.15, 0.2) is 0 Å². The summed E-state index contributed by atoms with van der Waals surface area (Å²) in [6.07, 6.45) is 0. The molecule has 1 aromatic rings. The van der Waals surface area contributed by atoms with Gasteiger partial charge in [-0.3, -0.25) is 5.84 Å². The maximum absolute atomic E-state index is 5.14. The lowest BCUT2D eigenvalue weighted by atomic mass is 10.1. The molecule has 3 nitrogen and oxygen atoms in total. The number of hydrogen-bond donors (Lipinski definition) is 3. The van der Waals surface area contributed by atoms with E-state index in [1.54, 1.807) is 0 Å². The smallest absolute Gasteiger partial charge is 0.0780 e. The zero-order chi connectivity index (χ0) is 8.97. The van der Waals surface area contributed by atoms with Crippen molar-refractivity contribution in [3.63, 3.8) is 0 Å². The molecule has 0 unspecified atom stereocenters. The Labute approximate surface area is 72.9 Å². The van der Waals surface area contributed by atoms with Gasteiger partial charge in [0.1, 0.15) is 0 Å². The van der Waals surface area contributed by atoms with Crippen LogP contribution in [-0.4, -0.2) is 6.67 Å². The predicted molar refractivity (Wildman–Crippen MR) is 51.7 cm³/mol. The summed E-state index contributed by atoms with van der Waals surface area (Å²) < 4.78 is 0. The number of hydrazine groups is 1. The number of hydrogen-bond acceptors (Lipinski definition) is 3. The van der Waals surface area contributed by atoms with Gasteiger partial charge in [-0.2, -0.15) is 0 Å². The Morgan fingerprint density at radius 3 is 2.25 bits per heavy atom. The summed E-state index contributed by atoms with van der Waals surface area (Å²) in [5.41, 5.74) is 6.16. The first-order chi connectivity index (χ1) is 5.72. The molecule has 66 valence electrons. The quantitative estimate of drug-likeness (QED) is 0.357. The Balaban J connectivity index is 2.72. The highest BCUT2D eigenvalue weighted by Gasteiger charge is 1.93. The van der Waals surface area contributed by atoms with E-state index in [-0.39, 0.29) is 0 Å². The summed E-state index contributed by atoms with van der Waals surface area (Å²) in [6.45, 7) is 4.74.